The van der Waals surface area contributed by atoms with Crippen molar-refractivity contribution in [3.63, 3.8) is 0 Å². The van der Waals surface area contributed by atoms with Crippen molar-refractivity contribution < 1.29 is 17.5 Å². The molecule has 26 heavy (non-hydrogen) atoms. The molecule has 0 aliphatic carbocycles. The monoisotopic (exact) mass is 375 g/mol. The number of piperazine rings is 1. The number of rotatable bonds is 2. The normalized spacial score (nSPS) is 18.5. The van der Waals surface area contributed by atoms with Gasteiger partial charge in [-0.3, -0.25) is 0 Å². The fourth-order valence-electron chi connectivity index (χ4n) is 3.39. The summed E-state index contributed by atoms with van der Waals surface area (Å²) < 4.78 is 47.1. The Morgan fingerprint density at radius 2 is 1.73 bits per heavy atom. The third-order valence-electron chi connectivity index (χ3n) is 4.67. The molecule has 4 rings (SSSR count). The fraction of sp³-hybridized carbons (Fsp3) is 0.278. The van der Waals surface area contributed by atoms with Gasteiger partial charge < -0.3 is 14.5 Å². The molecule has 2 aromatic carbocycles. The summed E-state index contributed by atoms with van der Waals surface area (Å²) in [4.78, 5) is 4.35. The predicted molar refractivity (Wildman–Crippen MR) is 96.9 cm³/mol. The first-order valence-electron chi connectivity index (χ1n) is 8.27. The number of hydrogen-bond donors (Lipinski definition) is 0. The zero-order valence-corrected chi connectivity index (χ0v) is 15.0. The first kappa shape index (κ1) is 16.8. The Hall–Kier alpha value is -2.61. The van der Waals surface area contributed by atoms with E-state index in [0.717, 1.165) is 5.69 Å². The molecule has 2 aliphatic rings. The predicted octanol–water partition coefficient (Wildman–Crippen LogP) is 2.11. The lowest BCUT2D eigenvalue weighted by Crippen LogP contribution is -2.48. The minimum Gasteiger partial charge on any atom is -0.494 e. The molecule has 0 bridgehead atoms. The number of ether oxygens (including phenoxy) is 1. The molecule has 2 aromatic rings. The Labute approximate surface area is 151 Å². The smallest absolute Gasteiger partial charge is 0.285 e. The molecule has 0 amide bonds. The summed E-state index contributed by atoms with van der Waals surface area (Å²) in [5.74, 6) is 0.655. The largest absolute Gasteiger partial charge is 0.494 e. The molecular formula is C18H18FN3O3S. The molecule has 1 fully saturated rings. The highest BCUT2D eigenvalue weighted by Crippen LogP contribution is 2.31. The zero-order valence-electron chi connectivity index (χ0n) is 14.2. The fourth-order valence-corrected chi connectivity index (χ4v) is 4.62. The first-order chi connectivity index (χ1) is 12.5. The Kier molecular flexibility index (Phi) is 4.07. The van der Waals surface area contributed by atoms with Crippen LogP contribution in [0.2, 0.25) is 0 Å². The third-order valence-corrected chi connectivity index (χ3v) is 6.00. The molecule has 0 radical (unpaired) electrons. The molecule has 0 saturated carbocycles. The Bertz CT molecular complexity index is 983. The first-order valence-corrected chi connectivity index (χ1v) is 9.71. The van der Waals surface area contributed by atoms with E-state index in [1.807, 2.05) is 11.0 Å². The molecule has 0 spiro atoms. The number of hydrogen-bond acceptors (Lipinski definition) is 5. The number of anilines is 1. The quantitative estimate of drug-likeness (QED) is 0.805. The average Bonchev–Trinajstić information content (AvgIpc) is 2.93. The van der Waals surface area contributed by atoms with Gasteiger partial charge >= 0.3 is 0 Å². The number of fused-ring (bicyclic) bond motifs is 1. The van der Waals surface area contributed by atoms with E-state index in [-0.39, 0.29) is 10.7 Å². The molecule has 2 heterocycles. The zero-order chi connectivity index (χ0) is 18.3. The highest BCUT2D eigenvalue weighted by Gasteiger charge is 2.33. The Morgan fingerprint density at radius 1 is 1.04 bits per heavy atom. The van der Waals surface area contributed by atoms with E-state index in [1.54, 1.807) is 24.3 Å². The van der Waals surface area contributed by atoms with Crippen molar-refractivity contribution in [1.82, 2.24) is 4.90 Å². The SMILES string of the molecule is COc1cc(F)ccc1N1CCN(C2=NS(=O)(=O)c3ccccc32)CC1. The highest BCUT2D eigenvalue weighted by molar-refractivity contribution is 7.90. The van der Waals surface area contributed by atoms with Crippen LogP contribution in [-0.2, 0) is 10.0 Å². The molecule has 2 aliphatic heterocycles. The maximum Gasteiger partial charge on any atom is 0.285 e. The van der Waals surface area contributed by atoms with Crippen LogP contribution in [0.5, 0.6) is 5.75 Å². The van der Waals surface area contributed by atoms with Crippen LogP contribution < -0.4 is 9.64 Å². The number of halogens is 1. The number of methoxy groups -OCH3 is 1. The van der Waals surface area contributed by atoms with Crippen molar-refractivity contribution in [2.75, 3.05) is 38.2 Å². The van der Waals surface area contributed by atoms with Crippen molar-refractivity contribution in [1.29, 1.82) is 0 Å². The lowest BCUT2D eigenvalue weighted by Gasteiger charge is -2.37. The molecule has 1 saturated heterocycles. The van der Waals surface area contributed by atoms with Gasteiger partial charge in [0.05, 0.1) is 12.8 Å². The van der Waals surface area contributed by atoms with Crippen molar-refractivity contribution in [3.8, 4) is 5.75 Å². The molecule has 0 unspecified atom stereocenters. The van der Waals surface area contributed by atoms with Crippen LogP contribution in [0.25, 0.3) is 0 Å². The number of amidine groups is 1. The van der Waals surface area contributed by atoms with E-state index >= 15 is 0 Å². The molecular weight excluding hydrogens is 357 g/mol. The second kappa shape index (κ2) is 6.28. The van der Waals surface area contributed by atoms with Gasteiger partial charge in [-0.2, -0.15) is 8.42 Å². The van der Waals surface area contributed by atoms with E-state index in [0.29, 0.717) is 43.3 Å². The van der Waals surface area contributed by atoms with Gasteiger partial charge in [-0.05, 0) is 24.3 Å². The van der Waals surface area contributed by atoms with Crippen molar-refractivity contribution in [2.24, 2.45) is 4.40 Å². The summed E-state index contributed by atoms with van der Waals surface area (Å²) in [6.07, 6.45) is 0. The van der Waals surface area contributed by atoms with Crippen molar-refractivity contribution in [3.05, 3.63) is 53.8 Å². The van der Waals surface area contributed by atoms with E-state index in [4.69, 9.17) is 4.74 Å². The molecule has 0 N–H and O–H groups in total. The summed E-state index contributed by atoms with van der Waals surface area (Å²) in [6.45, 7) is 2.54. The topological polar surface area (TPSA) is 62.2 Å². The molecule has 6 nitrogen and oxygen atoms in total. The second-order valence-electron chi connectivity index (χ2n) is 6.18. The summed E-state index contributed by atoms with van der Waals surface area (Å²) in [6, 6.07) is 11.4. The summed E-state index contributed by atoms with van der Waals surface area (Å²) in [5, 5.41) is 0. The summed E-state index contributed by atoms with van der Waals surface area (Å²) >= 11 is 0. The highest BCUT2D eigenvalue weighted by atomic mass is 32.2. The average molecular weight is 375 g/mol. The van der Waals surface area contributed by atoms with E-state index in [1.165, 1.54) is 19.2 Å². The number of nitrogens with zero attached hydrogens (tertiary/aromatic N) is 3. The van der Waals surface area contributed by atoms with Crippen molar-refractivity contribution in [2.45, 2.75) is 4.90 Å². The van der Waals surface area contributed by atoms with Crippen molar-refractivity contribution >= 4 is 21.5 Å². The van der Waals surface area contributed by atoms with Gasteiger partial charge in [0.25, 0.3) is 10.0 Å². The summed E-state index contributed by atoms with van der Waals surface area (Å²) in [7, 11) is -2.10. The van der Waals surface area contributed by atoms with Gasteiger partial charge in [-0.1, -0.05) is 12.1 Å². The van der Waals surface area contributed by atoms with Gasteiger partial charge in [0.2, 0.25) is 0 Å². The van der Waals surface area contributed by atoms with Gasteiger partial charge in [-0.15, -0.1) is 4.40 Å². The van der Waals surface area contributed by atoms with Crippen LogP contribution in [0.4, 0.5) is 10.1 Å². The molecule has 0 aromatic heterocycles. The Balaban J connectivity index is 1.55. The van der Waals surface area contributed by atoms with Crippen LogP contribution >= 0.6 is 0 Å². The van der Waals surface area contributed by atoms with Crippen LogP contribution in [0, 0.1) is 5.82 Å². The maximum atomic E-state index is 13.4. The minimum absolute atomic E-state index is 0.262. The van der Waals surface area contributed by atoms with Crippen LogP contribution in [0.3, 0.4) is 0 Å². The molecule has 136 valence electrons. The van der Waals surface area contributed by atoms with Crippen LogP contribution in [0.1, 0.15) is 5.56 Å². The molecule has 8 heteroatoms. The van der Waals surface area contributed by atoms with E-state index in [2.05, 4.69) is 9.30 Å². The van der Waals surface area contributed by atoms with Gasteiger partial charge in [0.15, 0.2) is 5.84 Å². The lowest BCUT2D eigenvalue weighted by atomic mass is 10.1. The minimum atomic E-state index is -3.61. The van der Waals surface area contributed by atoms with Gasteiger partial charge in [-0.25, -0.2) is 4.39 Å². The Morgan fingerprint density at radius 3 is 2.46 bits per heavy atom. The number of sulfonamides is 1. The second-order valence-corrected chi connectivity index (χ2v) is 7.75. The maximum absolute atomic E-state index is 13.4. The lowest BCUT2D eigenvalue weighted by molar-refractivity contribution is 0.378. The van der Waals surface area contributed by atoms with E-state index in [9.17, 15) is 12.8 Å². The summed E-state index contributed by atoms with van der Waals surface area (Å²) in [5.41, 5.74) is 1.48. The standard InChI is InChI=1S/C18H18FN3O3S/c1-25-16-12-13(19)6-7-15(16)21-8-10-22(11-9-21)18-14-4-2-3-5-17(14)26(23,24)20-18/h2-7,12H,8-11H2,1H3. The van der Waals surface area contributed by atoms with Crippen LogP contribution in [0.15, 0.2) is 51.8 Å². The van der Waals surface area contributed by atoms with Gasteiger partial charge in [0, 0.05) is 37.8 Å². The van der Waals surface area contributed by atoms with Gasteiger partial charge in [0.1, 0.15) is 16.5 Å². The van der Waals surface area contributed by atoms with E-state index < -0.39 is 10.0 Å². The number of benzene rings is 2. The van der Waals surface area contributed by atoms with Crippen LogP contribution in [-0.4, -0.2) is 52.4 Å². The third kappa shape index (κ3) is 2.80. The molecule has 0 atom stereocenters.